The predicted molar refractivity (Wildman–Crippen MR) is 348 cm³/mol. The van der Waals surface area contributed by atoms with Crippen LogP contribution >= 0.6 is 0 Å². The summed E-state index contributed by atoms with van der Waals surface area (Å²) in [4.78, 5) is 64.8. The standard InChI is InChI=1S/C71H138N6O4/c1-9-11-13-15-17-19-21-23-25-27-29-31-33-35-37-40-44-52-66(78)76(60-54-64-50-48-58-74(64)7)68(62(3)4)70(80)72-56-46-42-39-43-47-57-73-71(81)69(63(5)6)77(61-55-65-51-49-59-75(65)8)67(79)53-45-41-38-36-34-32-30-28-26-24-22-20-18-16-14-12-10-2/h62-65,68-69H,9-61H2,1-8H3,(H,72,80)(H,73,81). The topological polar surface area (TPSA) is 105 Å². The van der Waals surface area contributed by atoms with Crippen molar-refractivity contribution in [3.8, 4) is 0 Å². The molecule has 476 valence electrons. The summed E-state index contributed by atoms with van der Waals surface area (Å²) in [6.07, 6.45) is 57.4. The van der Waals surface area contributed by atoms with Gasteiger partial charge in [0.05, 0.1) is 0 Å². The van der Waals surface area contributed by atoms with E-state index in [2.05, 4.69) is 76.1 Å². The summed E-state index contributed by atoms with van der Waals surface area (Å²) in [5, 5.41) is 6.51. The van der Waals surface area contributed by atoms with E-state index in [9.17, 15) is 19.2 Å². The van der Waals surface area contributed by atoms with E-state index in [4.69, 9.17) is 0 Å². The van der Waals surface area contributed by atoms with Crippen molar-refractivity contribution >= 4 is 23.6 Å². The molecule has 4 unspecified atom stereocenters. The number of rotatable bonds is 56. The van der Waals surface area contributed by atoms with Crippen molar-refractivity contribution in [2.75, 3.05) is 53.4 Å². The highest BCUT2D eigenvalue weighted by Crippen LogP contribution is 2.25. The number of hydrogen-bond acceptors (Lipinski definition) is 6. The summed E-state index contributed by atoms with van der Waals surface area (Å²) < 4.78 is 0. The van der Waals surface area contributed by atoms with Crippen LogP contribution in [0.25, 0.3) is 0 Å². The monoisotopic (exact) mass is 1140 g/mol. The maximum Gasteiger partial charge on any atom is 0.243 e. The van der Waals surface area contributed by atoms with Crippen LogP contribution in [-0.2, 0) is 19.2 Å². The van der Waals surface area contributed by atoms with Crippen LogP contribution in [0.4, 0.5) is 0 Å². The van der Waals surface area contributed by atoms with E-state index in [0.29, 0.717) is 51.1 Å². The van der Waals surface area contributed by atoms with Gasteiger partial charge in [-0.05, 0) is 103 Å². The quantitative estimate of drug-likeness (QED) is 0.0588. The molecule has 2 aliphatic rings. The Morgan fingerprint density at radius 2 is 0.630 bits per heavy atom. The first-order valence-electron chi connectivity index (χ1n) is 36.0. The number of unbranched alkanes of at least 4 members (excludes halogenated alkanes) is 36. The van der Waals surface area contributed by atoms with Crippen LogP contribution in [0.2, 0.25) is 0 Å². The Labute approximate surface area is 503 Å². The number of amides is 4. The highest BCUT2D eigenvalue weighted by molar-refractivity contribution is 5.88. The van der Waals surface area contributed by atoms with Crippen LogP contribution in [0.5, 0.6) is 0 Å². The van der Waals surface area contributed by atoms with Gasteiger partial charge in [0.2, 0.25) is 23.6 Å². The summed E-state index contributed by atoms with van der Waals surface area (Å²) in [5.74, 6) is 0.341. The lowest BCUT2D eigenvalue weighted by Crippen LogP contribution is -2.53. The summed E-state index contributed by atoms with van der Waals surface area (Å²) in [6, 6.07) is 0.0455. The predicted octanol–water partition coefficient (Wildman–Crippen LogP) is 17.9. The van der Waals surface area contributed by atoms with Gasteiger partial charge in [-0.2, -0.15) is 0 Å². The third-order valence-electron chi connectivity index (χ3n) is 18.8. The molecule has 2 N–H and O–H groups in total. The minimum Gasteiger partial charge on any atom is -0.354 e. The van der Waals surface area contributed by atoms with Gasteiger partial charge < -0.3 is 30.2 Å². The average molecular weight is 1140 g/mol. The molecular formula is C71H138N6O4. The van der Waals surface area contributed by atoms with E-state index in [1.54, 1.807) is 0 Å². The van der Waals surface area contributed by atoms with Gasteiger partial charge in [0.1, 0.15) is 12.1 Å². The van der Waals surface area contributed by atoms with Gasteiger partial charge in [0, 0.05) is 51.1 Å². The molecule has 2 aliphatic heterocycles. The molecule has 0 radical (unpaired) electrons. The summed E-state index contributed by atoms with van der Waals surface area (Å²) in [7, 11) is 4.40. The highest BCUT2D eigenvalue weighted by atomic mass is 16.2. The van der Waals surface area contributed by atoms with Gasteiger partial charge in [0.15, 0.2) is 0 Å². The van der Waals surface area contributed by atoms with Gasteiger partial charge in [-0.3, -0.25) is 19.2 Å². The molecule has 10 heteroatoms. The minimum atomic E-state index is -0.452. The fourth-order valence-electron chi connectivity index (χ4n) is 13.4. The summed E-state index contributed by atoms with van der Waals surface area (Å²) >= 11 is 0. The van der Waals surface area contributed by atoms with Crippen LogP contribution in [0.15, 0.2) is 0 Å². The molecule has 81 heavy (non-hydrogen) atoms. The van der Waals surface area contributed by atoms with E-state index in [1.807, 2.05) is 9.80 Å². The van der Waals surface area contributed by atoms with Crippen LogP contribution < -0.4 is 10.6 Å². The molecule has 4 atom stereocenters. The SMILES string of the molecule is CCCCCCCCCCCCCCCCCCCC(=O)N(CCC1CCCN1C)C(C(=O)NCCCCCCCNC(=O)C(C(C)C)N(CCC1CCCN1C)C(=O)CCCCCCCCCCCCCCCCCCC)C(C)C. The molecule has 0 bridgehead atoms. The lowest BCUT2D eigenvalue weighted by molar-refractivity contribution is -0.142. The Morgan fingerprint density at radius 1 is 0.383 bits per heavy atom. The van der Waals surface area contributed by atoms with Gasteiger partial charge in [0.25, 0.3) is 0 Å². The lowest BCUT2D eigenvalue weighted by atomic mass is 9.99. The van der Waals surface area contributed by atoms with Crippen molar-refractivity contribution in [3.63, 3.8) is 0 Å². The minimum absolute atomic E-state index is 0.00837. The first-order chi connectivity index (χ1) is 39.4. The van der Waals surface area contributed by atoms with Crippen molar-refractivity contribution in [1.29, 1.82) is 0 Å². The second-order valence-corrected chi connectivity index (χ2v) is 26.8. The number of carbonyl (C=O) groups is 4. The number of nitrogens with one attached hydrogen (secondary N) is 2. The molecule has 10 nitrogen and oxygen atoms in total. The zero-order valence-corrected chi connectivity index (χ0v) is 55.4. The molecule has 2 saturated heterocycles. The van der Waals surface area contributed by atoms with E-state index in [1.165, 1.54) is 218 Å². The second-order valence-electron chi connectivity index (χ2n) is 26.8. The Morgan fingerprint density at radius 3 is 0.864 bits per heavy atom. The Hall–Kier alpha value is -2.20. The first kappa shape index (κ1) is 74.9. The molecular weight excluding hydrogens is 1000 g/mol. The lowest BCUT2D eigenvalue weighted by Gasteiger charge is -2.35. The van der Waals surface area contributed by atoms with Crippen molar-refractivity contribution in [2.45, 2.75) is 367 Å². The molecule has 2 heterocycles. The molecule has 0 saturated carbocycles. The molecule has 0 aliphatic carbocycles. The maximum atomic E-state index is 14.0. The molecule has 0 aromatic rings. The van der Waals surface area contributed by atoms with Gasteiger partial charge in [-0.15, -0.1) is 0 Å². The Kier molecular flexibility index (Phi) is 47.2. The number of nitrogens with zero attached hydrogens (tertiary/aromatic N) is 4. The second kappa shape index (κ2) is 51.1. The molecule has 2 rings (SSSR count). The average Bonchev–Trinajstić information content (AvgIpc) is 4.09. The fraction of sp³-hybridized carbons (Fsp3) is 0.944. The zero-order chi connectivity index (χ0) is 59.0. The normalized spacial score (nSPS) is 16.7. The van der Waals surface area contributed by atoms with Crippen molar-refractivity contribution in [2.24, 2.45) is 11.8 Å². The Bertz CT molecular complexity index is 1400. The smallest absolute Gasteiger partial charge is 0.243 e. The molecule has 0 aromatic heterocycles. The van der Waals surface area contributed by atoms with Crippen LogP contribution in [0.3, 0.4) is 0 Å². The first-order valence-corrected chi connectivity index (χ1v) is 36.0. The zero-order valence-electron chi connectivity index (χ0n) is 55.4. The van der Waals surface area contributed by atoms with E-state index in [0.717, 1.165) is 83.7 Å². The van der Waals surface area contributed by atoms with Gasteiger partial charge in [-0.1, -0.05) is 266 Å². The Balaban J connectivity index is 1.73. The highest BCUT2D eigenvalue weighted by Gasteiger charge is 2.35. The maximum absolute atomic E-state index is 14.0. The van der Waals surface area contributed by atoms with Crippen molar-refractivity contribution < 1.29 is 19.2 Å². The van der Waals surface area contributed by atoms with Crippen LogP contribution in [0.1, 0.15) is 343 Å². The van der Waals surface area contributed by atoms with Gasteiger partial charge >= 0.3 is 0 Å². The fourth-order valence-corrected chi connectivity index (χ4v) is 13.4. The third-order valence-corrected chi connectivity index (χ3v) is 18.8. The number of carbonyl (C=O) groups excluding carboxylic acids is 4. The third kappa shape index (κ3) is 37.1. The summed E-state index contributed by atoms with van der Waals surface area (Å²) in [6.45, 7) is 17.7. The molecule has 4 amide bonds. The van der Waals surface area contributed by atoms with Crippen LogP contribution in [-0.4, -0.2) is 121 Å². The van der Waals surface area contributed by atoms with Crippen molar-refractivity contribution in [1.82, 2.24) is 30.2 Å². The summed E-state index contributed by atoms with van der Waals surface area (Å²) in [5.41, 5.74) is 0. The van der Waals surface area contributed by atoms with Crippen molar-refractivity contribution in [3.05, 3.63) is 0 Å². The molecule has 2 fully saturated rings. The number of likely N-dealkylation sites (tertiary alicyclic amines) is 2. The van der Waals surface area contributed by atoms with E-state index in [-0.39, 0.29) is 35.5 Å². The molecule has 0 aromatic carbocycles. The largest absolute Gasteiger partial charge is 0.354 e. The van der Waals surface area contributed by atoms with E-state index >= 15 is 0 Å². The van der Waals surface area contributed by atoms with Gasteiger partial charge in [-0.25, -0.2) is 0 Å². The van der Waals surface area contributed by atoms with Crippen LogP contribution in [0, 0.1) is 11.8 Å². The van der Waals surface area contributed by atoms with E-state index < -0.39 is 12.1 Å². The number of hydrogen-bond donors (Lipinski definition) is 2. The molecule has 0 spiro atoms.